The Labute approximate surface area is 155 Å². The summed E-state index contributed by atoms with van der Waals surface area (Å²) in [6.45, 7) is 0. The van der Waals surface area contributed by atoms with E-state index in [-0.39, 0.29) is 5.76 Å². The van der Waals surface area contributed by atoms with Crippen molar-refractivity contribution in [3.05, 3.63) is 77.6 Å². The Bertz CT molecular complexity index is 858. The maximum atomic E-state index is 11.8. The first-order chi connectivity index (χ1) is 12.8. The van der Waals surface area contributed by atoms with E-state index in [0.29, 0.717) is 0 Å². The molecule has 0 saturated heterocycles. The number of thioether (sulfide) groups is 1. The lowest BCUT2D eigenvalue weighted by atomic mass is 10.1. The summed E-state index contributed by atoms with van der Waals surface area (Å²) in [5.41, 5.74) is 4.34. The van der Waals surface area contributed by atoms with Crippen molar-refractivity contribution < 1.29 is 18.4 Å². The van der Waals surface area contributed by atoms with Crippen LogP contribution in [0.3, 0.4) is 0 Å². The Hall–Kier alpha value is -2.93. The number of hydrazone groups is 1. The summed E-state index contributed by atoms with van der Waals surface area (Å²) in [4.78, 5) is 11.8. The molecule has 0 bridgehead atoms. The van der Waals surface area contributed by atoms with Crippen LogP contribution in [0.2, 0.25) is 0 Å². The standard InChI is InChI=1S/C19H18N2O4S/c1-23-17-7-6-14(11-20-21-19(22)18-5-3-9-25-18)10-15(17)12-26-13-16-4-2-8-24-16/h2-11H,12-13H2,1H3,(H,21,22)/b20-11+. The molecule has 0 unspecified atom stereocenters. The lowest BCUT2D eigenvalue weighted by molar-refractivity contribution is 0.0927. The van der Waals surface area contributed by atoms with Gasteiger partial charge < -0.3 is 13.6 Å². The summed E-state index contributed by atoms with van der Waals surface area (Å²) in [5.74, 6) is 3.12. The smallest absolute Gasteiger partial charge is 0.307 e. The van der Waals surface area contributed by atoms with E-state index in [2.05, 4.69) is 10.5 Å². The van der Waals surface area contributed by atoms with Gasteiger partial charge in [0, 0.05) is 11.3 Å². The number of furan rings is 2. The molecule has 0 saturated carbocycles. The van der Waals surface area contributed by atoms with Crippen molar-refractivity contribution in [3.63, 3.8) is 0 Å². The molecule has 0 aliphatic heterocycles. The highest BCUT2D eigenvalue weighted by Crippen LogP contribution is 2.26. The van der Waals surface area contributed by atoms with Crippen LogP contribution >= 0.6 is 11.8 Å². The largest absolute Gasteiger partial charge is 0.496 e. The van der Waals surface area contributed by atoms with Gasteiger partial charge in [-0.25, -0.2) is 5.43 Å². The second-order valence-electron chi connectivity index (χ2n) is 5.32. The summed E-state index contributed by atoms with van der Waals surface area (Å²) >= 11 is 1.73. The van der Waals surface area contributed by atoms with Crippen LogP contribution in [0.25, 0.3) is 0 Å². The summed E-state index contributed by atoms with van der Waals surface area (Å²) in [5, 5.41) is 3.97. The predicted molar refractivity (Wildman–Crippen MR) is 100 cm³/mol. The molecule has 0 fully saturated rings. The molecule has 3 rings (SSSR count). The van der Waals surface area contributed by atoms with E-state index >= 15 is 0 Å². The molecule has 1 amide bonds. The molecule has 26 heavy (non-hydrogen) atoms. The summed E-state index contributed by atoms with van der Waals surface area (Å²) in [6, 6.07) is 12.8. The van der Waals surface area contributed by atoms with Crippen molar-refractivity contribution in [2.24, 2.45) is 5.10 Å². The third kappa shape index (κ3) is 4.80. The van der Waals surface area contributed by atoms with E-state index in [4.69, 9.17) is 13.6 Å². The van der Waals surface area contributed by atoms with Crippen LogP contribution < -0.4 is 10.2 Å². The number of amides is 1. The average molecular weight is 370 g/mol. The van der Waals surface area contributed by atoms with Gasteiger partial charge in [-0.05, 0) is 48.0 Å². The van der Waals surface area contributed by atoms with E-state index in [1.54, 1.807) is 43.5 Å². The van der Waals surface area contributed by atoms with Crippen LogP contribution in [-0.2, 0) is 11.5 Å². The second-order valence-corrected chi connectivity index (χ2v) is 6.31. The molecule has 3 aromatic rings. The molecule has 2 aromatic heterocycles. The van der Waals surface area contributed by atoms with Crippen molar-refractivity contribution in [3.8, 4) is 5.75 Å². The molecule has 0 radical (unpaired) electrons. The molecule has 0 atom stereocenters. The number of hydrogen-bond acceptors (Lipinski definition) is 6. The Morgan fingerprint density at radius 2 is 2.04 bits per heavy atom. The number of nitrogens with one attached hydrogen (secondary N) is 1. The maximum absolute atomic E-state index is 11.8. The van der Waals surface area contributed by atoms with Crippen LogP contribution in [0.15, 0.2) is 68.9 Å². The molecule has 0 aliphatic carbocycles. The molecule has 6 nitrogen and oxygen atoms in total. The minimum atomic E-state index is -0.394. The van der Waals surface area contributed by atoms with Gasteiger partial charge in [0.05, 0.1) is 31.6 Å². The van der Waals surface area contributed by atoms with Gasteiger partial charge in [0.1, 0.15) is 11.5 Å². The highest BCUT2D eigenvalue weighted by atomic mass is 32.2. The lowest BCUT2D eigenvalue weighted by Crippen LogP contribution is -2.16. The van der Waals surface area contributed by atoms with Gasteiger partial charge in [-0.3, -0.25) is 4.79 Å². The van der Waals surface area contributed by atoms with Gasteiger partial charge in [-0.1, -0.05) is 0 Å². The number of benzene rings is 1. The Morgan fingerprint density at radius 3 is 2.77 bits per heavy atom. The first kappa shape index (κ1) is 17.9. The minimum Gasteiger partial charge on any atom is -0.496 e. The third-order valence-electron chi connectivity index (χ3n) is 3.51. The fourth-order valence-corrected chi connectivity index (χ4v) is 3.19. The maximum Gasteiger partial charge on any atom is 0.307 e. The van der Waals surface area contributed by atoms with E-state index in [0.717, 1.165) is 34.1 Å². The molecular weight excluding hydrogens is 352 g/mol. The van der Waals surface area contributed by atoms with Gasteiger partial charge in [0.2, 0.25) is 0 Å². The monoisotopic (exact) mass is 370 g/mol. The number of ether oxygens (including phenoxy) is 1. The first-order valence-electron chi connectivity index (χ1n) is 7.90. The SMILES string of the molecule is COc1ccc(/C=N/NC(=O)c2ccco2)cc1CSCc1ccco1. The molecule has 7 heteroatoms. The van der Waals surface area contributed by atoms with Crippen molar-refractivity contribution in [1.29, 1.82) is 0 Å². The van der Waals surface area contributed by atoms with E-state index < -0.39 is 5.91 Å². The zero-order valence-corrected chi connectivity index (χ0v) is 15.0. The van der Waals surface area contributed by atoms with Crippen LogP contribution in [0.5, 0.6) is 5.75 Å². The Balaban J connectivity index is 1.60. The van der Waals surface area contributed by atoms with Gasteiger partial charge in [0.15, 0.2) is 5.76 Å². The van der Waals surface area contributed by atoms with Crippen LogP contribution in [0.4, 0.5) is 0 Å². The fourth-order valence-electron chi connectivity index (χ4n) is 2.28. The predicted octanol–water partition coefficient (Wildman–Crippen LogP) is 4.08. The number of methoxy groups -OCH3 is 1. The van der Waals surface area contributed by atoms with Crippen LogP contribution in [0, 0.1) is 0 Å². The minimum absolute atomic E-state index is 0.215. The van der Waals surface area contributed by atoms with Gasteiger partial charge >= 0.3 is 5.91 Å². The fraction of sp³-hybridized carbons (Fsp3) is 0.158. The van der Waals surface area contributed by atoms with Crippen molar-refractivity contribution in [2.75, 3.05) is 7.11 Å². The van der Waals surface area contributed by atoms with Crippen LogP contribution in [-0.4, -0.2) is 19.2 Å². The summed E-state index contributed by atoms with van der Waals surface area (Å²) < 4.78 is 15.8. The van der Waals surface area contributed by atoms with Crippen molar-refractivity contribution in [2.45, 2.75) is 11.5 Å². The van der Waals surface area contributed by atoms with Gasteiger partial charge in [-0.15, -0.1) is 11.8 Å². The molecule has 134 valence electrons. The number of rotatable bonds is 8. The van der Waals surface area contributed by atoms with Crippen molar-refractivity contribution >= 4 is 23.9 Å². The second kappa shape index (κ2) is 8.96. The van der Waals surface area contributed by atoms with Gasteiger partial charge in [0.25, 0.3) is 0 Å². The molecular formula is C19H18N2O4S. The molecule has 0 aliphatic rings. The zero-order valence-electron chi connectivity index (χ0n) is 14.2. The third-order valence-corrected chi connectivity index (χ3v) is 4.51. The van der Waals surface area contributed by atoms with E-state index in [9.17, 15) is 4.79 Å². The zero-order chi connectivity index (χ0) is 18.2. The Morgan fingerprint density at radius 1 is 1.19 bits per heavy atom. The lowest BCUT2D eigenvalue weighted by Gasteiger charge is -2.09. The van der Waals surface area contributed by atoms with Crippen LogP contribution in [0.1, 0.15) is 27.4 Å². The number of carbonyl (C=O) groups excluding carboxylic acids is 1. The highest BCUT2D eigenvalue weighted by Gasteiger charge is 2.07. The molecule has 1 aromatic carbocycles. The number of carbonyl (C=O) groups is 1. The van der Waals surface area contributed by atoms with E-state index in [1.165, 1.54) is 6.26 Å². The molecule has 0 spiro atoms. The summed E-state index contributed by atoms with van der Waals surface area (Å²) in [6.07, 6.45) is 4.69. The normalized spacial score (nSPS) is 11.0. The number of nitrogens with zero attached hydrogens (tertiary/aromatic N) is 1. The van der Waals surface area contributed by atoms with Gasteiger partial charge in [-0.2, -0.15) is 5.10 Å². The molecule has 1 N–H and O–H groups in total. The average Bonchev–Trinajstić information content (AvgIpc) is 3.36. The Kier molecular flexibility index (Phi) is 6.16. The number of hydrogen-bond donors (Lipinski definition) is 1. The van der Waals surface area contributed by atoms with E-state index in [1.807, 2.05) is 30.3 Å². The highest BCUT2D eigenvalue weighted by molar-refractivity contribution is 7.97. The quantitative estimate of drug-likeness (QED) is 0.478. The van der Waals surface area contributed by atoms with Crippen molar-refractivity contribution in [1.82, 2.24) is 5.43 Å². The first-order valence-corrected chi connectivity index (χ1v) is 9.05. The molecule has 2 heterocycles. The topological polar surface area (TPSA) is 77.0 Å². The summed E-state index contributed by atoms with van der Waals surface area (Å²) in [7, 11) is 1.65.